The van der Waals surface area contributed by atoms with Gasteiger partial charge in [-0.2, -0.15) is 0 Å². The SMILES string of the molecule is CCN1CCC(N(C)CCC(O)c2ccc(F)cn2)CC1. The van der Waals surface area contributed by atoms with Gasteiger partial charge in [-0.25, -0.2) is 4.39 Å². The second-order valence-corrected chi connectivity index (χ2v) is 5.85. The van der Waals surface area contributed by atoms with E-state index in [4.69, 9.17) is 0 Å². The van der Waals surface area contributed by atoms with Crippen molar-refractivity contribution in [1.82, 2.24) is 14.8 Å². The van der Waals surface area contributed by atoms with Crippen LogP contribution in [0.25, 0.3) is 0 Å². The molecule has 0 spiro atoms. The Hall–Kier alpha value is -1.04. The molecule has 0 bridgehead atoms. The number of likely N-dealkylation sites (tertiary alicyclic amines) is 1. The Morgan fingerprint density at radius 2 is 2.14 bits per heavy atom. The van der Waals surface area contributed by atoms with Crippen molar-refractivity contribution in [3.05, 3.63) is 29.8 Å². The standard InChI is InChI=1S/C16H26FN3O/c1-3-20-10-6-14(7-11-20)19(2)9-8-16(21)15-5-4-13(17)12-18-15/h4-5,12,14,16,21H,3,6-11H2,1-2H3. The summed E-state index contributed by atoms with van der Waals surface area (Å²) in [6, 6.07) is 3.50. The molecule has 118 valence electrons. The van der Waals surface area contributed by atoms with Crippen LogP contribution >= 0.6 is 0 Å². The van der Waals surface area contributed by atoms with E-state index in [0.717, 1.165) is 32.4 Å². The molecule has 1 N–H and O–H groups in total. The highest BCUT2D eigenvalue weighted by atomic mass is 19.1. The lowest BCUT2D eigenvalue weighted by atomic mass is 10.0. The van der Waals surface area contributed by atoms with Crippen molar-refractivity contribution in [2.45, 2.75) is 38.3 Å². The molecule has 0 radical (unpaired) electrons. The molecule has 1 aliphatic heterocycles. The van der Waals surface area contributed by atoms with Crippen LogP contribution in [0.4, 0.5) is 4.39 Å². The fraction of sp³-hybridized carbons (Fsp3) is 0.688. The number of pyridine rings is 1. The average molecular weight is 295 g/mol. The first-order valence-corrected chi connectivity index (χ1v) is 7.82. The first-order valence-electron chi connectivity index (χ1n) is 7.82. The fourth-order valence-electron chi connectivity index (χ4n) is 2.92. The molecule has 5 heteroatoms. The van der Waals surface area contributed by atoms with E-state index >= 15 is 0 Å². The molecule has 1 aromatic heterocycles. The number of piperidine rings is 1. The van der Waals surface area contributed by atoms with Crippen molar-refractivity contribution in [3.63, 3.8) is 0 Å². The second-order valence-electron chi connectivity index (χ2n) is 5.85. The van der Waals surface area contributed by atoms with Gasteiger partial charge in [0.05, 0.1) is 18.0 Å². The molecule has 2 rings (SSSR count). The van der Waals surface area contributed by atoms with E-state index in [9.17, 15) is 9.50 Å². The Balaban J connectivity index is 1.76. The molecule has 0 aromatic carbocycles. The molecule has 21 heavy (non-hydrogen) atoms. The zero-order valence-electron chi connectivity index (χ0n) is 13.0. The zero-order valence-corrected chi connectivity index (χ0v) is 13.0. The largest absolute Gasteiger partial charge is 0.387 e. The molecular weight excluding hydrogens is 269 g/mol. The van der Waals surface area contributed by atoms with E-state index in [1.807, 2.05) is 0 Å². The maximum absolute atomic E-state index is 12.8. The van der Waals surface area contributed by atoms with Gasteiger partial charge in [-0.15, -0.1) is 0 Å². The van der Waals surface area contributed by atoms with E-state index in [1.54, 1.807) is 6.07 Å². The molecule has 1 saturated heterocycles. The van der Waals surface area contributed by atoms with Gasteiger partial charge in [0.2, 0.25) is 0 Å². The minimum atomic E-state index is -0.621. The number of aliphatic hydroxyl groups excluding tert-OH is 1. The van der Waals surface area contributed by atoms with E-state index in [1.165, 1.54) is 18.9 Å². The first kappa shape index (κ1) is 16.3. The van der Waals surface area contributed by atoms with Gasteiger partial charge in [-0.1, -0.05) is 6.92 Å². The maximum Gasteiger partial charge on any atom is 0.141 e. The Bertz CT molecular complexity index is 418. The minimum absolute atomic E-state index is 0.370. The normalized spacial score (nSPS) is 19.1. The van der Waals surface area contributed by atoms with Crippen LogP contribution in [0.2, 0.25) is 0 Å². The van der Waals surface area contributed by atoms with Crippen LogP contribution in [0.15, 0.2) is 18.3 Å². The van der Waals surface area contributed by atoms with Crippen LogP contribution in [0.1, 0.15) is 38.0 Å². The van der Waals surface area contributed by atoms with Crippen LogP contribution in [-0.4, -0.2) is 59.2 Å². The number of hydrogen-bond donors (Lipinski definition) is 1. The Labute approximate surface area is 126 Å². The third-order valence-corrected chi connectivity index (χ3v) is 4.47. The van der Waals surface area contributed by atoms with Crippen molar-refractivity contribution in [2.24, 2.45) is 0 Å². The number of rotatable bonds is 6. The summed E-state index contributed by atoms with van der Waals surface area (Å²) in [6.45, 7) is 6.49. The van der Waals surface area contributed by atoms with Gasteiger partial charge >= 0.3 is 0 Å². The molecule has 4 nitrogen and oxygen atoms in total. The summed E-state index contributed by atoms with van der Waals surface area (Å²) in [6.07, 6.45) is 3.54. The average Bonchev–Trinajstić information content (AvgIpc) is 2.53. The fourth-order valence-corrected chi connectivity index (χ4v) is 2.92. The first-order chi connectivity index (χ1) is 10.1. The molecule has 2 heterocycles. The van der Waals surface area contributed by atoms with E-state index in [2.05, 4.69) is 28.8 Å². The van der Waals surface area contributed by atoms with Crippen molar-refractivity contribution < 1.29 is 9.50 Å². The van der Waals surface area contributed by atoms with Gasteiger partial charge in [0.25, 0.3) is 0 Å². The van der Waals surface area contributed by atoms with Crippen molar-refractivity contribution in [3.8, 4) is 0 Å². The zero-order chi connectivity index (χ0) is 15.2. The third-order valence-electron chi connectivity index (χ3n) is 4.47. The number of nitrogens with zero attached hydrogens (tertiary/aromatic N) is 3. The lowest BCUT2D eigenvalue weighted by molar-refractivity contribution is 0.102. The van der Waals surface area contributed by atoms with Gasteiger partial charge in [0.15, 0.2) is 0 Å². The van der Waals surface area contributed by atoms with Gasteiger partial charge in [0, 0.05) is 12.6 Å². The van der Waals surface area contributed by atoms with E-state index < -0.39 is 6.10 Å². The Morgan fingerprint density at radius 1 is 1.43 bits per heavy atom. The van der Waals surface area contributed by atoms with Crippen LogP contribution in [0.5, 0.6) is 0 Å². The Morgan fingerprint density at radius 3 is 2.71 bits per heavy atom. The van der Waals surface area contributed by atoms with Crippen LogP contribution in [0.3, 0.4) is 0 Å². The highest BCUT2D eigenvalue weighted by Crippen LogP contribution is 2.19. The number of aliphatic hydroxyl groups is 1. The maximum atomic E-state index is 12.8. The van der Waals surface area contributed by atoms with Crippen LogP contribution < -0.4 is 0 Å². The number of aromatic nitrogens is 1. The second kappa shape index (κ2) is 7.82. The predicted octanol–water partition coefficient (Wildman–Crippen LogP) is 2.06. The Kier molecular flexibility index (Phi) is 6.08. The summed E-state index contributed by atoms with van der Waals surface area (Å²) in [5, 5.41) is 10.1. The van der Waals surface area contributed by atoms with Crippen molar-refractivity contribution >= 4 is 0 Å². The molecule has 0 aliphatic carbocycles. The summed E-state index contributed by atoms with van der Waals surface area (Å²) < 4.78 is 12.8. The van der Waals surface area contributed by atoms with Gasteiger partial charge in [-0.05, 0) is 58.1 Å². The summed E-state index contributed by atoms with van der Waals surface area (Å²) in [7, 11) is 2.12. The molecule has 0 saturated carbocycles. The lowest BCUT2D eigenvalue weighted by Crippen LogP contribution is -2.43. The van der Waals surface area contributed by atoms with Gasteiger partial charge in [0.1, 0.15) is 5.82 Å². The van der Waals surface area contributed by atoms with Crippen LogP contribution in [0, 0.1) is 5.82 Å². The quantitative estimate of drug-likeness (QED) is 0.872. The smallest absolute Gasteiger partial charge is 0.141 e. The molecule has 1 atom stereocenters. The van der Waals surface area contributed by atoms with E-state index in [0.29, 0.717) is 18.2 Å². The monoisotopic (exact) mass is 295 g/mol. The summed E-state index contributed by atoms with van der Waals surface area (Å²) in [5.74, 6) is -0.370. The minimum Gasteiger partial charge on any atom is -0.387 e. The molecule has 0 amide bonds. The van der Waals surface area contributed by atoms with Gasteiger partial charge < -0.3 is 14.9 Å². The topological polar surface area (TPSA) is 39.6 Å². The predicted molar refractivity (Wildman–Crippen MR) is 81.5 cm³/mol. The summed E-state index contributed by atoms with van der Waals surface area (Å²) in [4.78, 5) is 8.75. The molecular formula is C16H26FN3O. The lowest BCUT2D eigenvalue weighted by Gasteiger charge is -2.36. The number of halogens is 1. The molecule has 1 unspecified atom stereocenters. The summed E-state index contributed by atoms with van der Waals surface area (Å²) >= 11 is 0. The van der Waals surface area contributed by atoms with Crippen molar-refractivity contribution in [2.75, 3.05) is 33.2 Å². The highest BCUT2D eigenvalue weighted by Gasteiger charge is 2.22. The van der Waals surface area contributed by atoms with E-state index in [-0.39, 0.29) is 5.82 Å². The molecule has 1 fully saturated rings. The molecule has 1 aliphatic rings. The van der Waals surface area contributed by atoms with Crippen LogP contribution in [-0.2, 0) is 0 Å². The third kappa shape index (κ3) is 4.73. The highest BCUT2D eigenvalue weighted by molar-refractivity contribution is 5.07. The van der Waals surface area contributed by atoms with Crippen molar-refractivity contribution in [1.29, 1.82) is 0 Å². The molecule has 1 aromatic rings. The number of hydrogen-bond acceptors (Lipinski definition) is 4. The summed E-state index contributed by atoms with van der Waals surface area (Å²) in [5.41, 5.74) is 0.547. The van der Waals surface area contributed by atoms with Gasteiger partial charge in [-0.3, -0.25) is 4.98 Å².